The van der Waals surface area contributed by atoms with E-state index in [1.54, 1.807) is 0 Å². The molecular weight excluding hydrogens is 212 g/mol. The number of halogens is 1. The van der Waals surface area contributed by atoms with E-state index in [0.717, 1.165) is 11.1 Å². The van der Waals surface area contributed by atoms with Crippen LogP contribution in [0.1, 0.15) is 5.56 Å². The molecule has 4 heteroatoms. The third-order valence-electron chi connectivity index (χ3n) is 2.00. The van der Waals surface area contributed by atoms with Crippen molar-refractivity contribution in [3.63, 3.8) is 0 Å². The highest BCUT2D eigenvalue weighted by molar-refractivity contribution is 6.30. The summed E-state index contributed by atoms with van der Waals surface area (Å²) in [5.41, 5.74) is 2.01. The maximum atomic E-state index is 9.19. The van der Waals surface area contributed by atoms with Crippen molar-refractivity contribution in [2.24, 2.45) is 0 Å². The zero-order chi connectivity index (χ0) is 10.8. The van der Waals surface area contributed by atoms with Crippen molar-refractivity contribution in [2.75, 3.05) is 0 Å². The Morgan fingerprint density at radius 3 is 2.80 bits per heavy atom. The molecular formula is C11H9ClN2O. The van der Waals surface area contributed by atoms with Gasteiger partial charge in [0.15, 0.2) is 16.7 Å². The van der Waals surface area contributed by atoms with Gasteiger partial charge in [0.2, 0.25) is 0 Å². The number of nitrogens with zero attached hydrogens (tertiary/aromatic N) is 2. The quantitative estimate of drug-likeness (QED) is 0.752. The van der Waals surface area contributed by atoms with Gasteiger partial charge in [0.1, 0.15) is 0 Å². The van der Waals surface area contributed by atoms with Crippen molar-refractivity contribution in [3.8, 4) is 17.1 Å². The second kappa shape index (κ2) is 3.87. The molecule has 0 amide bonds. The van der Waals surface area contributed by atoms with E-state index >= 15 is 0 Å². The van der Waals surface area contributed by atoms with Crippen LogP contribution in [0.15, 0.2) is 30.5 Å². The summed E-state index contributed by atoms with van der Waals surface area (Å²) in [6, 6.07) is 7.78. The van der Waals surface area contributed by atoms with Crippen LogP contribution in [0.25, 0.3) is 11.4 Å². The molecule has 3 nitrogen and oxygen atoms in total. The first-order valence-electron chi connectivity index (χ1n) is 4.45. The molecule has 1 aromatic heterocycles. The van der Waals surface area contributed by atoms with Crippen LogP contribution in [0.5, 0.6) is 5.75 Å². The lowest BCUT2D eigenvalue weighted by Crippen LogP contribution is -1.89. The number of benzene rings is 1. The number of hydrogen-bond acceptors (Lipinski definition) is 3. The topological polar surface area (TPSA) is 46.0 Å². The van der Waals surface area contributed by atoms with Crippen molar-refractivity contribution in [1.82, 2.24) is 9.97 Å². The molecule has 76 valence electrons. The lowest BCUT2D eigenvalue weighted by molar-refractivity contribution is 0.470. The third-order valence-corrected chi connectivity index (χ3v) is 2.28. The molecule has 0 spiro atoms. The van der Waals surface area contributed by atoms with E-state index in [2.05, 4.69) is 9.97 Å². The molecule has 0 aliphatic heterocycles. The van der Waals surface area contributed by atoms with Crippen LogP contribution in [0.2, 0.25) is 5.15 Å². The standard InChI is InChI=1S/C11H9ClN2O/c1-7-3-2-4-8(5-7)11-13-6-9(15)10(12)14-11/h2-6,15H,1H3. The minimum Gasteiger partial charge on any atom is -0.504 e. The normalized spacial score (nSPS) is 10.3. The first-order chi connectivity index (χ1) is 7.16. The third kappa shape index (κ3) is 2.07. The number of hydrogen-bond donors (Lipinski definition) is 1. The van der Waals surface area contributed by atoms with Gasteiger partial charge in [-0.25, -0.2) is 9.97 Å². The van der Waals surface area contributed by atoms with Crippen LogP contribution < -0.4 is 0 Å². The van der Waals surface area contributed by atoms with Gasteiger partial charge in [-0.3, -0.25) is 0 Å². The molecule has 0 aliphatic carbocycles. The van der Waals surface area contributed by atoms with E-state index in [1.165, 1.54) is 6.20 Å². The van der Waals surface area contributed by atoms with Gasteiger partial charge in [-0.05, 0) is 13.0 Å². The van der Waals surface area contributed by atoms with Gasteiger partial charge < -0.3 is 5.11 Å². The van der Waals surface area contributed by atoms with Crippen LogP contribution in [-0.2, 0) is 0 Å². The fourth-order valence-electron chi connectivity index (χ4n) is 1.28. The molecule has 1 N–H and O–H groups in total. The molecule has 0 unspecified atom stereocenters. The largest absolute Gasteiger partial charge is 0.504 e. The van der Waals surface area contributed by atoms with Crippen LogP contribution in [0.3, 0.4) is 0 Å². The number of aryl methyl sites for hydroxylation is 1. The molecule has 1 aromatic carbocycles. The summed E-state index contributed by atoms with van der Waals surface area (Å²) in [6.07, 6.45) is 1.30. The van der Waals surface area contributed by atoms with E-state index in [9.17, 15) is 5.11 Å². The van der Waals surface area contributed by atoms with Crippen molar-refractivity contribution < 1.29 is 5.11 Å². The minimum atomic E-state index is -0.104. The van der Waals surface area contributed by atoms with Crippen molar-refractivity contribution in [1.29, 1.82) is 0 Å². The molecule has 0 aliphatic rings. The summed E-state index contributed by atoms with van der Waals surface area (Å²) in [6.45, 7) is 1.99. The Morgan fingerprint density at radius 1 is 1.33 bits per heavy atom. The van der Waals surface area contributed by atoms with Gasteiger partial charge in [0.05, 0.1) is 6.20 Å². The fraction of sp³-hybridized carbons (Fsp3) is 0.0909. The van der Waals surface area contributed by atoms with Crippen LogP contribution in [0, 0.1) is 6.92 Å². The predicted octanol–water partition coefficient (Wildman–Crippen LogP) is 2.81. The molecule has 2 rings (SSSR count). The highest BCUT2D eigenvalue weighted by Gasteiger charge is 2.05. The first-order valence-corrected chi connectivity index (χ1v) is 4.83. The summed E-state index contributed by atoms with van der Waals surface area (Å²) >= 11 is 5.70. The number of aromatic nitrogens is 2. The maximum absolute atomic E-state index is 9.19. The Kier molecular flexibility index (Phi) is 2.56. The number of aromatic hydroxyl groups is 1. The molecule has 0 saturated carbocycles. The average Bonchev–Trinajstić information content (AvgIpc) is 2.22. The van der Waals surface area contributed by atoms with Gasteiger partial charge in [-0.15, -0.1) is 0 Å². The zero-order valence-corrected chi connectivity index (χ0v) is 8.86. The van der Waals surface area contributed by atoms with Crippen LogP contribution in [0.4, 0.5) is 0 Å². The summed E-state index contributed by atoms with van der Waals surface area (Å²) in [5, 5.41) is 9.26. The molecule has 1 heterocycles. The van der Waals surface area contributed by atoms with E-state index in [0.29, 0.717) is 5.82 Å². The Hall–Kier alpha value is -1.61. The zero-order valence-electron chi connectivity index (χ0n) is 8.11. The molecule has 0 fully saturated rings. The molecule has 0 bridgehead atoms. The summed E-state index contributed by atoms with van der Waals surface area (Å²) in [7, 11) is 0. The Bertz CT molecular complexity index is 500. The van der Waals surface area contributed by atoms with Crippen LogP contribution in [-0.4, -0.2) is 15.1 Å². The Balaban J connectivity index is 2.50. The van der Waals surface area contributed by atoms with Gasteiger partial charge in [0.25, 0.3) is 0 Å². The summed E-state index contributed by atoms with van der Waals surface area (Å²) in [4.78, 5) is 7.99. The summed E-state index contributed by atoms with van der Waals surface area (Å²) in [5.74, 6) is 0.412. The second-order valence-electron chi connectivity index (χ2n) is 3.24. The highest BCUT2D eigenvalue weighted by atomic mass is 35.5. The Morgan fingerprint density at radius 2 is 2.13 bits per heavy atom. The molecule has 0 radical (unpaired) electrons. The van der Waals surface area contributed by atoms with E-state index in [-0.39, 0.29) is 10.9 Å². The minimum absolute atomic E-state index is 0.0708. The molecule has 0 atom stereocenters. The van der Waals surface area contributed by atoms with E-state index in [4.69, 9.17) is 11.6 Å². The predicted molar refractivity (Wildman–Crippen MR) is 58.9 cm³/mol. The smallest absolute Gasteiger partial charge is 0.174 e. The van der Waals surface area contributed by atoms with Crippen LogP contribution >= 0.6 is 11.6 Å². The lowest BCUT2D eigenvalue weighted by atomic mass is 10.1. The second-order valence-corrected chi connectivity index (χ2v) is 3.60. The fourth-order valence-corrected chi connectivity index (χ4v) is 1.41. The number of rotatable bonds is 1. The monoisotopic (exact) mass is 220 g/mol. The molecule has 15 heavy (non-hydrogen) atoms. The lowest BCUT2D eigenvalue weighted by Gasteiger charge is -2.02. The van der Waals surface area contributed by atoms with Gasteiger partial charge in [0, 0.05) is 5.56 Å². The van der Waals surface area contributed by atoms with Gasteiger partial charge in [-0.1, -0.05) is 35.4 Å². The van der Waals surface area contributed by atoms with Gasteiger partial charge >= 0.3 is 0 Å². The SMILES string of the molecule is Cc1cccc(-c2ncc(O)c(Cl)n2)c1. The van der Waals surface area contributed by atoms with E-state index in [1.807, 2.05) is 31.2 Å². The molecule has 0 saturated heterocycles. The maximum Gasteiger partial charge on any atom is 0.174 e. The van der Waals surface area contributed by atoms with Crippen molar-refractivity contribution >= 4 is 11.6 Å². The summed E-state index contributed by atoms with van der Waals surface area (Å²) < 4.78 is 0. The Labute approximate surface area is 92.4 Å². The average molecular weight is 221 g/mol. The van der Waals surface area contributed by atoms with Crippen molar-refractivity contribution in [3.05, 3.63) is 41.2 Å². The van der Waals surface area contributed by atoms with E-state index < -0.39 is 0 Å². The molecule has 2 aromatic rings. The van der Waals surface area contributed by atoms with Crippen molar-refractivity contribution in [2.45, 2.75) is 6.92 Å². The van der Waals surface area contributed by atoms with Gasteiger partial charge in [-0.2, -0.15) is 0 Å². The highest BCUT2D eigenvalue weighted by Crippen LogP contribution is 2.23. The first kappa shape index (κ1) is 9.93.